The van der Waals surface area contributed by atoms with Gasteiger partial charge < -0.3 is 5.32 Å². The molecule has 1 aliphatic carbocycles. The molecule has 0 aromatic carbocycles. The fourth-order valence-corrected chi connectivity index (χ4v) is 3.09. The molecule has 1 saturated carbocycles. The summed E-state index contributed by atoms with van der Waals surface area (Å²) in [6.45, 7) is 5.34. The maximum atomic E-state index is 4.55. The highest BCUT2D eigenvalue weighted by atomic mass is 32.1. The van der Waals surface area contributed by atoms with E-state index in [1.165, 1.54) is 41.3 Å². The van der Waals surface area contributed by atoms with Crippen LogP contribution < -0.4 is 5.32 Å². The molecular formula is C12H20N2S. The van der Waals surface area contributed by atoms with Crippen LogP contribution >= 0.6 is 11.3 Å². The molecule has 0 amide bonds. The van der Waals surface area contributed by atoms with E-state index in [1.807, 2.05) is 11.3 Å². The Kier molecular flexibility index (Phi) is 3.76. The first-order chi connectivity index (χ1) is 7.25. The zero-order chi connectivity index (χ0) is 10.7. The second-order valence-corrected chi connectivity index (χ2v) is 5.72. The molecule has 1 fully saturated rings. The van der Waals surface area contributed by atoms with Gasteiger partial charge in [0.1, 0.15) is 0 Å². The van der Waals surface area contributed by atoms with Crippen LogP contribution in [0.4, 0.5) is 0 Å². The number of nitrogens with one attached hydrogen (secondary N) is 1. The van der Waals surface area contributed by atoms with Crippen molar-refractivity contribution in [3.8, 4) is 0 Å². The smallest absolute Gasteiger partial charge is 0.0943 e. The van der Waals surface area contributed by atoms with Gasteiger partial charge in [0.2, 0.25) is 0 Å². The van der Waals surface area contributed by atoms with Gasteiger partial charge in [-0.1, -0.05) is 12.8 Å². The van der Waals surface area contributed by atoms with Crippen molar-refractivity contribution in [3.05, 3.63) is 15.6 Å². The molecule has 3 heteroatoms. The van der Waals surface area contributed by atoms with Gasteiger partial charge in [-0.15, -0.1) is 11.3 Å². The molecule has 0 bridgehead atoms. The molecule has 1 aliphatic rings. The topological polar surface area (TPSA) is 24.9 Å². The van der Waals surface area contributed by atoms with Crippen LogP contribution in [0.3, 0.4) is 0 Å². The predicted molar refractivity (Wildman–Crippen MR) is 65.6 cm³/mol. The van der Waals surface area contributed by atoms with Gasteiger partial charge in [-0.05, 0) is 26.7 Å². The van der Waals surface area contributed by atoms with Gasteiger partial charge in [0.05, 0.1) is 10.7 Å². The van der Waals surface area contributed by atoms with Crippen molar-refractivity contribution in [2.75, 3.05) is 6.54 Å². The maximum Gasteiger partial charge on any atom is 0.0943 e. The van der Waals surface area contributed by atoms with Crippen molar-refractivity contribution >= 4 is 11.3 Å². The van der Waals surface area contributed by atoms with Crippen molar-refractivity contribution in [2.24, 2.45) is 0 Å². The van der Waals surface area contributed by atoms with Crippen LogP contribution in [0.5, 0.6) is 0 Å². The van der Waals surface area contributed by atoms with E-state index in [-0.39, 0.29) is 0 Å². The summed E-state index contributed by atoms with van der Waals surface area (Å²) >= 11 is 1.85. The highest BCUT2D eigenvalue weighted by Crippen LogP contribution is 2.19. The summed E-state index contributed by atoms with van der Waals surface area (Å²) in [5.41, 5.74) is 1.20. The molecule has 0 unspecified atom stereocenters. The molecule has 2 rings (SSSR count). The molecule has 0 spiro atoms. The van der Waals surface area contributed by atoms with Gasteiger partial charge in [-0.25, -0.2) is 4.98 Å². The van der Waals surface area contributed by atoms with Crippen LogP contribution in [0.25, 0.3) is 0 Å². The van der Waals surface area contributed by atoms with Gasteiger partial charge in [0, 0.05) is 23.9 Å². The minimum Gasteiger partial charge on any atom is -0.314 e. The lowest BCUT2D eigenvalue weighted by atomic mass is 10.2. The maximum absolute atomic E-state index is 4.55. The summed E-state index contributed by atoms with van der Waals surface area (Å²) in [6.07, 6.45) is 6.65. The average Bonchev–Trinajstić information content (AvgIpc) is 2.79. The van der Waals surface area contributed by atoms with E-state index in [2.05, 4.69) is 24.1 Å². The summed E-state index contributed by atoms with van der Waals surface area (Å²) in [6, 6.07) is 0.784. The van der Waals surface area contributed by atoms with Crippen LogP contribution in [-0.4, -0.2) is 17.6 Å². The van der Waals surface area contributed by atoms with E-state index in [9.17, 15) is 0 Å². The Morgan fingerprint density at radius 2 is 2.07 bits per heavy atom. The SMILES string of the molecule is Cc1nc(CCNC2CCCC2)sc1C. The number of hydrogen-bond acceptors (Lipinski definition) is 3. The lowest BCUT2D eigenvalue weighted by Crippen LogP contribution is -2.27. The minimum absolute atomic E-state index is 0.784. The fourth-order valence-electron chi connectivity index (χ4n) is 2.16. The predicted octanol–water partition coefficient (Wildman–Crippen LogP) is 2.83. The first-order valence-electron chi connectivity index (χ1n) is 5.92. The lowest BCUT2D eigenvalue weighted by molar-refractivity contribution is 0.527. The van der Waals surface area contributed by atoms with Crippen LogP contribution in [0.1, 0.15) is 41.3 Å². The Hall–Kier alpha value is -0.410. The van der Waals surface area contributed by atoms with Gasteiger partial charge in [-0.3, -0.25) is 0 Å². The van der Waals surface area contributed by atoms with E-state index in [0.717, 1.165) is 19.0 Å². The van der Waals surface area contributed by atoms with E-state index >= 15 is 0 Å². The first kappa shape index (κ1) is 11.1. The largest absolute Gasteiger partial charge is 0.314 e. The number of rotatable bonds is 4. The number of aryl methyl sites for hydroxylation is 2. The van der Waals surface area contributed by atoms with Crippen LogP contribution in [0.2, 0.25) is 0 Å². The number of hydrogen-bond donors (Lipinski definition) is 1. The Morgan fingerprint density at radius 3 is 2.67 bits per heavy atom. The lowest BCUT2D eigenvalue weighted by Gasteiger charge is -2.10. The van der Waals surface area contributed by atoms with Gasteiger partial charge in [0.25, 0.3) is 0 Å². The summed E-state index contributed by atoms with van der Waals surface area (Å²) < 4.78 is 0. The quantitative estimate of drug-likeness (QED) is 0.850. The van der Waals surface area contributed by atoms with E-state index in [4.69, 9.17) is 0 Å². The van der Waals surface area contributed by atoms with Crippen LogP contribution in [0, 0.1) is 13.8 Å². The summed E-state index contributed by atoms with van der Waals surface area (Å²) in [4.78, 5) is 5.92. The standard InChI is InChI=1S/C12H20N2S/c1-9-10(2)15-12(14-9)7-8-13-11-5-3-4-6-11/h11,13H,3-8H2,1-2H3. The molecule has 1 aromatic rings. The third-order valence-corrected chi connectivity index (χ3v) is 4.33. The number of thiazole rings is 1. The first-order valence-corrected chi connectivity index (χ1v) is 6.73. The minimum atomic E-state index is 0.784. The molecule has 0 radical (unpaired) electrons. The summed E-state index contributed by atoms with van der Waals surface area (Å²) in [5.74, 6) is 0. The Balaban J connectivity index is 1.73. The molecule has 1 N–H and O–H groups in total. The second-order valence-electron chi connectivity index (χ2n) is 4.43. The third-order valence-electron chi connectivity index (χ3n) is 3.20. The Labute approximate surface area is 96.1 Å². The normalized spacial score (nSPS) is 17.5. The van der Waals surface area contributed by atoms with E-state index < -0.39 is 0 Å². The van der Waals surface area contributed by atoms with Crippen molar-refractivity contribution in [3.63, 3.8) is 0 Å². The highest BCUT2D eigenvalue weighted by molar-refractivity contribution is 7.11. The fraction of sp³-hybridized carbons (Fsp3) is 0.750. The second kappa shape index (κ2) is 5.08. The van der Waals surface area contributed by atoms with Gasteiger partial charge in [0.15, 0.2) is 0 Å². The highest BCUT2D eigenvalue weighted by Gasteiger charge is 2.13. The molecular weight excluding hydrogens is 204 g/mol. The summed E-state index contributed by atoms with van der Waals surface area (Å²) in [7, 11) is 0. The number of aromatic nitrogens is 1. The molecule has 0 saturated heterocycles. The monoisotopic (exact) mass is 224 g/mol. The third kappa shape index (κ3) is 3.02. The zero-order valence-electron chi connectivity index (χ0n) is 9.68. The van der Waals surface area contributed by atoms with Gasteiger partial charge in [-0.2, -0.15) is 0 Å². The van der Waals surface area contributed by atoms with Crippen molar-refractivity contribution in [2.45, 2.75) is 52.0 Å². The summed E-state index contributed by atoms with van der Waals surface area (Å²) in [5, 5.41) is 4.91. The van der Waals surface area contributed by atoms with Gasteiger partial charge >= 0.3 is 0 Å². The molecule has 15 heavy (non-hydrogen) atoms. The zero-order valence-corrected chi connectivity index (χ0v) is 10.5. The molecule has 2 nitrogen and oxygen atoms in total. The molecule has 1 heterocycles. The number of nitrogens with zero attached hydrogens (tertiary/aromatic N) is 1. The average molecular weight is 224 g/mol. The molecule has 84 valence electrons. The van der Waals surface area contributed by atoms with Crippen LogP contribution in [-0.2, 0) is 6.42 Å². The Morgan fingerprint density at radius 1 is 1.33 bits per heavy atom. The van der Waals surface area contributed by atoms with Crippen molar-refractivity contribution in [1.29, 1.82) is 0 Å². The van der Waals surface area contributed by atoms with E-state index in [1.54, 1.807) is 0 Å². The van der Waals surface area contributed by atoms with Crippen molar-refractivity contribution in [1.82, 2.24) is 10.3 Å². The van der Waals surface area contributed by atoms with Crippen LogP contribution in [0.15, 0.2) is 0 Å². The Bertz CT molecular complexity index is 294. The molecule has 1 aromatic heterocycles. The molecule has 0 atom stereocenters. The molecule has 0 aliphatic heterocycles. The van der Waals surface area contributed by atoms with Crippen molar-refractivity contribution < 1.29 is 0 Å². The van der Waals surface area contributed by atoms with E-state index in [0.29, 0.717) is 0 Å².